The number of hydrogen-bond acceptors (Lipinski definition) is 19. The predicted octanol–water partition coefficient (Wildman–Crippen LogP) is 1.94. The summed E-state index contributed by atoms with van der Waals surface area (Å²) < 4.78 is 52.2. The van der Waals surface area contributed by atoms with E-state index < -0.39 is 91.5 Å². The average Bonchev–Trinajstić information content (AvgIpc) is 3.24. The van der Waals surface area contributed by atoms with Gasteiger partial charge in [-0.3, -0.25) is 9.59 Å². The zero-order valence-corrected chi connectivity index (χ0v) is 33.9. The maximum Gasteiger partial charge on any atom is 0.407 e. The molecule has 0 rings (SSSR count). The van der Waals surface area contributed by atoms with Crippen LogP contribution in [0.4, 0.5) is 14.4 Å². The number of amides is 3. The molecule has 0 bridgehead atoms. The van der Waals surface area contributed by atoms with Gasteiger partial charge in [0.25, 0.3) is 0 Å². The fourth-order valence-corrected chi connectivity index (χ4v) is 4.08. The van der Waals surface area contributed by atoms with Crippen molar-refractivity contribution in [2.45, 2.75) is 57.0 Å². The Bertz CT molecular complexity index is 1560. The lowest BCUT2D eigenvalue weighted by Crippen LogP contribution is -2.54. The summed E-state index contributed by atoms with van der Waals surface area (Å²) in [5.41, 5.74) is 0. The van der Waals surface area contributed by atoms with Crippen LogP contribution in [0.25, 0.3) is 0 Å². The molecule has 0 fully saturated rings. The van der Waals surface area contributed by atoms with Crippen molar-refractivity contribution in [2.24, 2.45) is 0 Å². The van der Waals surface area contributed by atoms with E-state index in [1.165, 1.54) is 13.0 Å². The van der Waals surface area contributed by atoms with Gasteiger partial charge >= 0.3 is 54.1 Å². The Hall–Kier alpha value is -7.13. The molecule has 0 saturated heterocycles. The number of carbonyl (C=O) groups excluding carboxylic acids is 9. The number of rotatable bonds is 32. The molecule has 61 heavy (non-hydrogen) atoms. The summed E-state index contributed by atoms with van der Waals surface area (Å²) in [4.78, 5) is 111. The predicted molar refractivity (Wildman–Crippen MR) is 210 cm³/mol. The number of esters is 6. The smallest absolute Gasteiger partial charge is 0.407 e. The number of nitrogens with one attached hydrogen (secondary N) is 3. The van der Waals surface area contributed by atoms with Gasteiger partial charge in [0.2, 0.25) is 0 Å². The van der Waals surface area contributed by atoms with Crippen molar-refractivity contribution in [3.8, 4) is 0 Å². The molecule has 4 unspecified atom stereocenters. The summed E-state index contributed by atoms with van der Waals surface area (Å²) in [5.74, 6) is -4.84. The van der Waals surface area contributed by atoms with Gasteiger partial charge in [-0.05, 0) is 25.8 Å². The Morgan fingerprint density at radius 3 is 1.34 bits per heavy atom. The molecule has 0 aromatic rings. The van der Waals surface area contributed by atoms with Crippen LogP contribution in [-0.2, 0) is 76.1 Å². The topological polar surface area (TPSA) is 282 Å². The van der Waals surface area contributed by atoms with Crippen LogP contribution in [0.3, 0.4) is 0 Å². The van der Waals surface area contributed by atoms with Crippen molar-refractivity contribution >= 4 is 54.1 Å². The van der Waals surface area contributed by atoms with Crippen molar-refractivity contribution in [1.82, 2.24) is 16.0 Å². The number of carbonyl (C=O) groups is 9. The molecule has 3 N–H and O–H groups in total. The van der Waals surface area contributed by atoms with Crippen molar-refractivity contribution in [3.05, 3.63) is 75.6 Å². The van der Waals surface area contributed by atoms with Gasteiger partial charge in [-0.1, -0.05) is 39.5 Å². The van der Waals surface area contributed by atoms with Crippen molar-refractivity contribution in [1.29, 1.82) is 0 Å². The third kappa shape index (κ3) is 27.2. The molecule has 0 spiro atoms. The first-order valence-electron chi connectivity index (χ1n) is 18.4. The molecule has 0 aliphatic heterocycles. The SMILES string of the molecule is C=CC(=C)OCCNC(=O)OC(C(C)OC(=O)NCCOC(=O)C=C)C(OC(=O)CCCOC(=O)C=C)C(COC(=O)CCCOC(=O)C=C)OC(=O)NCCOC(=O)C=C. The normalized spacial score (nSPS) is 12.0. The molecule has 22 heteroatoms. The highest BCUT2D eigenvalue weighted by Crippen LogP contribution is 2.21. The molecule has 0 saturated carbocycles. The molecule has 0 radical (unpaired) electrons. The minimum atomic E-state index is -1.95. The highest BCUT2D eigenvalue weighted by molar-refractivity contribution is 5.82. The Labute approximate surface area is 352 Å². The molecule has 0 aromatic carbocycles. The molecule has 3 amide bonds. The number of ether oxygens (including phenoxy) is 10. The molecule has 22 nitrogen and oxygen atoms in total. The van der Waals surface area contributed by atoms with E-state index in [1.54, 1.807) is 0 Å². The Morgan fingerprint density at radius 1 is 0.475 bits per heavy atom. The minimum Gasteiger partial charge on any atom is -0.492 e. The summed E-state index contributed by atoms with van der Waals surface area (Å²) in [6.07, 6.45) is -6.78. The van der Waals surface area contributed by atoms with Crippen LogP contribution in [0.5, 0.6) is 0 Å². The second kappa shape index (κ2) is 32.8. The van der Waals surface area contributed by atoms with Crippen LogP contribution < -0.4 is 16.0 Å². The highest BCUT2D eigenvalue weighted by Gasteiger charge is 2.43. The summed E-state index contributed by atoms with van der Waals surface area (Å²) in [5, 5.41) is 6.96. The van der Waals surface area contributed by atoms with Gasteiger partial charge in [-0.15, -0.1) is 0 Å². The van der Waals surface area contributed by atoms with Gasteiger partial charge in [-0.25, -0.2) is 33.6 Å². The van der Waals surface area contributed by atoms with Crippen LogP contribution in [0.1, 0.15) is 32.6 Å². The van der Waals surface area contributed by atoms with Crippen LogP contribution in [-0.4, -0.2) is 138 Å². The Balaban J connectivity index is 6.82. The van der Waals surface area contributed by atoms with E-state index in [9.17, 15) is 43.2 Å². The van der Waals surface area contributed by atoms with Gasteiger partial charge in [-0.2, -0.15) is 0 Å². The zero-order valence-electron chi connectivity index (χ0n) is 33.9. The largest absolute Gasteiger partial charge is 0.492 e. The third-order valence-electron chi connectivity index (χ3n) is 6.95. The first kappa shape index (κ1) is 53.9. The fraction of sp³-hybridized carbons (Fsp3) is 0.462. The van der Waals surface area contributed by atoms with Gasteiger partial charge in [0.15, 0.2) is 18.3 Å². The van der Waals surface area contributed by atoms with E-state index in [2.05, 4.69) is 55.4 Å². The van der Waals surface area contributed by atoms with Crippen molar-refractivity contribution < 1.29 is 90.5 Å². The van der Waals surface area contributed by atoms with Gasteiger partial charge in [0.1, 0.15) is 38.3 Å². The fourth-order valence-electron chi connectivity index (χ4n) is 4.08. The van der Waals surface area contributed by atoms with Crippen LogP contribution in [0.15, 0.2) is 75.6 Å². The highest BCUT2D eigenvalue weighted by atomic mass is 16.7. The number of hydrogen-bond donors (Lipinski definition) is 3. The van der Waals surface area contributed by atoms with Crippen LogP contribution in [0, 0.1) is 0 Å². The molecule has 0 aromatic heterocycles. The van der Waals surface area contributed by atoms with E-state index in [0.29, 0.717) is 0 Å². The molecule has 0 aliphatic carbocycles. The van der Waals surface area contributed by atoms with Gasteiger partial charge in [0.05, 0.1) is 32.8 Å². The van der Waals surface area contributed by atoms with E-state index in [-0.39, 0.29) is 77.7 Å². The van der Waals surface area contributed by atoms with E-state index in [0.717, 1.165) is 24.3 Å². The summed E-state index contributed by atoms with van der Waals surface area (Å²) in [6, 6.07) is 0. The molecule has 0 aliphatic rings. The molecular formula is C39H53N3O19. The van der Waals surface area contributed by atoms with Crippen molar-refractivity contribution in [3.63, 3.8) is 0 Å². The van der Waals surface area contributed by atoms with Crippen LogP contribution >= 0.6 is 0 Å². The second-order valence-electron chi connectivity index (χ2n) is 11.6. The molecule has 0 heterocycles. The maximum absolute atomic E-state index is 13.3. The maximum atomic E-state index is 13.3. The summed E-state index contributed by atoms with van der Waals surface area (Å²) in [7, 11) is 0. The molecule has 4 atom stereocenters. The molecule has 338 valence electrons. The average molecular weight is 868 g/mol. The van der Waals surface area contributed by atoms with E-state index in [1.807, 2.05) is 0 Å². The standard InChI is InChI=1S/C39H53N3O19/c1-8-26(6)52-22-17-42-39(51)61-35(27(7)58-37(49)40-18-23-55-31(45)11-4)36(60-34(48)16-14-21-54-30(44)10-3)28(59-38(50)41-19-24-56-32(46)12-5)25-57-33(47)15-13-20-53-29(43)9-2/h8-12,27-28,35-36H,1-6,13-25H2,7H3,(H,40,49)(H,41,50)(H,42,51). The summed E-state index contributed by atoms with van der Waals surface area (Å²) in [6.45, 7) is 18.5. The Kier molecular flexibility index (Phi) is 29.0. The molecular weight excluding hydrogens is 814 g/mol. The van der Waals surface area contributed by atoms with E-state index in [4.69, 9.17) is 47.4 Å². The lowest BCUT2D eigenvalue weighted by molar-refractivity contribution is -0.178. The number of allylic oxidation sites excluding steroid dienone is 1. The minimum absolute atomic E-state index is 0.00869. The first-order valence-corrected chi connectivity index (χ1v) is 18.4. The lowest BCUT2D eigenvalue weighted by atomic mass is 10.0. The quantitative estimate of drug-likeness (QED) is 0.0217. The lowest BCUT2D eigenvalue weighted by Gasteiger charge is -2.34. The summed E-state index contributed by atoms with van der Waals surface area (Å²) >= 11 is 0. The van der Waals surface area contributed by atoms with Gasteiger partial charge < -0.3 is 63.3 Å². The van der Waals surface area contributed by atoms with Gasteiger partial charge in [0, 0.05) is 37.1 Å². The Morgan fingerprint density at radius 2 is 0.885 bits per heavy atom. The first-order chi connectivity index (χ1) is 29.1. The zero-order chi connectivity index (χ0) is 46.0. The van der Waals surface area contributed by atoms with Crippen LogP contribution in [0.2, 0.25) is 0 Å². The number of alkyl carbamates (subject to hydrolysis) is 3. The monoisotopic (exact) mass is 867 g/mol. The van der Waals surface area contributed by atoms with E-state index >= 15 is 0 Å². The third-order valence-corrected chi connectivity index (χ3v) is 6.95. The second-order valence-corrected chi connectivity index (χ2v) is 11.6. The van der Waals surface area contributed by atoms with Crippen molar-refractivity contribution in [2.75, 3.05) is 59.3 Å².